The van der Waals surface area contributed by atoms with E-state index in [0.29, 0.717) is 22.7 Å². The van der Waals surface area contributed by atoms with Crippen LogP contribution in [0.2, 0.25) is 0 Å². The van der Waals surface area contributed by atoms with Gasteiger partial charge in [-0.3, -0.25) is 9.78 Å². The second-order valence-corrected chi connectivity index (χ2v) is 10.4. The van der Waals surface area contributed by atoms with E-state index < -0.39 is 83.5 Å². The first-order valence-corrected chi connectivity index (χ1v) is 13.5. The summed E-state index contributed by atoms with van der Waals surface area (Å²) < 4.78 is 118. The third-order valence-electron chi connectivity index (χ3n) is 7.34. The number of fused-ring (bicyclic) bond motifs is 1. The maximum absolute atomic E-state index is 15.0. The lowest BCUT2D eigenvalue weighted by atomic mass is 10.0. The predicted molar refractivity (Wildman–Crippen MR) is 145 cm³/mol. The topological polar surface area (TPSA) is 109 Å². The fourth-order valence-corrected chi connectivity index (χ4v) is 5.18. The summed E-state index contributed by atoms with van der Waals surface area (Å²) in [5, 5.41) is 11.8. The Bertz CT molecular complexity index is 1780. The van der Waals surface area contributed by atoms with Crippen molar-refractivity contribution in [2.45, 2.75) is 37.8 Å². The van der Waals surface area contributed by atoms with E-state index in [1.54, 1.807) is 0 Å². The van der Waals surface area contributed by atoms with E-state index in [1.165, 1.54) is 41.9 Å². The van der Waals surface area contributed by atoms with E-state index in [9.17, 15) is 41.0 Å². The van der Waals surface area contributed by atoms with Gasteiger partial charge in [-0.25, -0.2) is 18.6 Å². The van der Waals surface area contributed by atoms with E-state index in [2.05, 4.69) is 9.97 Å². The number of rotatable bonds is 7. The minimum absolute atomic E-state index is 0.00971. The first-order valence-electron chi connectivity index (χ1n) is 13.5. The number of halogens is 8. The molecule has 1 fully saturated rings. The first-order chi connectivity index (χ1) is 21.6. The van der Waals surface area contributed by atoms with Crippen LogP contribution in [0.3, 0.4) is 0 Å². The standard InChI is InChI=1S/C29H23F8N5O4/c1-14-2-5-18(28(32,33)34)24(39-14)17-4-3-15(42-7-6-38-25(17)42)12-21(27(44)45)40-26(43)23-19(30)10-16(11-20(23)31)41-8-9-46-13-22(41)29(35,36)37/h2-7,10-11,21-22H,8-9,12-13H2,1H3,(H,40,43)(H,44,45)/t21-,22+/m0/s1. The molecule has 4 heterocycles. The molecule has 0 bridgehead atoms. The number of aliphatic carboxylic acids is 1. The molecule has 0 spiro atoms. The number of hydrogen-bond acceptors (Lipinski definition) is 6. The molecule has 1 aromatic carbocycles. The Morgan fingerprint density at radius 1 is 1.09 bits per heavy atom. The Balaban J connectivity index is 1.43. The highest BCUT2D eigenvalue weighted by molar-refractivity contribution is 5.97. The third-order valence-corrected chi connectivity index (χ3v) is 7.34. The van der Waals surface area contributed by atoms with Crippen molar-refractivity contribution >= 4 is 23.2 Å². The molecule has 244 valence electrons. The van der Waals surface area contributed by atoms with Gasteiger partial charge in [0.2, 0.25) is 0 Å². The number of nitrogens with zero attached hydrogens (tertiary/aromatic N) is 4. The predicted octanol–water partition coefficient (Wildman–Crippen LogP) is 5.19. The lowest BCUT2D eigenvalue weighted by molar-refractivity contribution is -0.167. The maximum atomic E-state index is 15.0. The molecule has 9 nitrogen and oxygen atoms in total. The monoisotopic (exact) mass is 657 g/mol. The molecule has 2 atom stereocenters. The number of carbonyl (C=O) groups excluding carboxylic acids is 1. The maximum Gasteiger partial charge on any atom is 0.418 e. The van der Waals surface area contributed by atoms with Gasteiger partial charge in [-0.05, 0) is 43.3 Å². The van der Waals surface area contributed by atoms with E-state index in [4.69, 9.17) is 4.74 Å². The van der Waals surface area contributed by atoms with Gasteiger partial charge in [0.25, 0.3) is 5.91 Å². The third kappa shape index (κ3) is 6.45. The molecule has 1 saturated heterocycles. The van der Waals surface area contributed by atoms with E-state index in [-0.39, 0.29) is 30.1 Å². The molecule has 1 aliphatic heterocycles. The second-order valence-electron chi connectivity index (χ2n) is 10.4. The fourth-order valence-electron chi connectivity index (χ4n) is 5.18. The molecule has 46 heavy (non-hydrogen) atoms. The minimum atomic E-state index is -4.78. The highest BCUT2D eigenvalue weighted by atomic mass is 19.4. The van der Waals surface area contributed by atoms with E-state index >= 15 is 8.78 Å². The second kappa shape index (κ2) is 12.2. The Kier molecular flexibility index (Phi) is 8.63. The number of morpholine rings is 1. The molecular formula is C29H23F8N5O4. The molecule has 5 rings (SSSR count). The zero-order valence-electron chi connectivity index (χ0n) is 23.6. The van der Waals surface area contributed by atoms with Crippen molar-refractivity contribution in [3.8, 4) is 11.3 Å². The molecule has 0 saturated carbocycles. The van der Waals surface area contributed by atoms with Crippen LogP contribution >= 0.6 is 0 Å². The summed E-state index contributed by atoms with van der Waals surface area (Å²) in [6.07, 6.45) is -7.44. The van der Waals surface area contributed by atoms with Crippen molar-refractivity contribution < 1.29 is 54.6 Å². The number of pyridine rings is 2. The average molecular weight is 658 g/mol. The summed E-state index contributed by atoms with van der Waals surface area (Å²) in [5.74, 6) is -6.18. The number of carbonyl (C=O) groups is 2. The van der Waals surface area contributed by atoms with Crippen LogP contribution in [0.25, 0.3) is 16.9 Å². The lowest BCUT2D eigenvalue weighted by Gasteiger charge is -2.38. The Morgan fingerprint density at radius 2 is 1.78 bits per heavy atom. The molecule has 0 radical (unpaired) electrons. The van der Waals surface area contributed by atoms with Crippen molar-refractivity contribution in [2.75, 3.05) is 24.7 Å². The molecule has 1 amide bonds. The van der Waals surface area contributed by atoms with Gasteiger partial charge >= 0.3 is 18.3 Å². The van der Waals surface area contributed by atoms with Crippen LogP contribution in [0.1, 0.15) is 27.3 Å². The molecule has 0 aliphatic carbocycles. The number of aromatic nitrogens is 3. The number of anilines is 1. The number of alkyl halides is 6. The molecule has 1 aliphatic rings. The number of imidazole rings is 1. The minimum Gasteiger partial charge on any atom is -0.480 e. The van der Waals surface area contributed by atoms with Crippen LogP contribution in [0, 0.1) is 18.6 Å². The van der Waals surface area contributed by atoms with E-state index in [0.717, 1.165) is 6.07 Å². The van der Waals surface area contributed by atoms with Gasteiger partial charge < -0.3 is 24.5 Å². The summed E-state index contributed by atoms with van der Waals surface area (Å²) in [5.41, 5.74) is -2.74. The number of benzene rings is 1. The molecular weight excluding hydrogens is 634 g/mol. The zero-order chi connectivity index (χ0) is 33.6. The SMILES string of the molecule is Cc1ccc(C(F)(F)F)c(-c2ccc(C[C@H](NC(=O)c3c(F)cc(N4CCOC[C@@H]4C(F)(F)F)cc3F)C(=O)O)n3ccnc23)n1. The van der Waals surface area contributed by atoms with Gasteiger partial charge in [0.05, 0.1) is 24.5 Å². The van der Waals surface area contributed by atoms with Crippen molar-refractivity contribution in [1.82, 2.24) is 19.7 Å². The lowest BCUT2D eigenvalue weighted by Crippen LogP contribution is -2.53. The largest absolute Gasteiger partial charge is 0.480 e. The number of amides is 1. The number of carboxylic acid groups (broad SMARTS) is 1. The average Bonchev–Trinajstić information content (AvgIpc) is 3.46. The van der Waals surface area contributed by atoms with E-state index in [1.807, 2.05) is 5.32 Å². The Labute approximate surface area is 254 Å². The number of nitrogens with one attached hydrogen (secondary N) is 1. The summed E-state index contributed by atoms with van der Waals surface area (Å²) in [7, 11) is 0. The van der Waals surface area contributed by atoms with Gasteiger partial charge in [-0.2, -0.15) is 26.3 Å². The normalized spacial score (nSPS) is 16.5. The Morgan fingerprint density at radius 3 is 2.41 bits per heavy atom. The summed E-state index contributed by atoms with van der Waals surface area (Å²) in [4.78, 5) is 33.9. The van der Waals surface area contributed by atoms with Gasteiger partial charge in [-0.15, -0.1) is 0 Å². The molecule has 3 aromatic heterocycles. The van der Waals surface area contributed by atoms with Crippen molar-refractivity contribution in [2.24, 2.45) is 0 Å². The summed E-state index contributed by atoms with van der Waals surface area (Å²) in [6, 6.07) is 1.72. The fraction of sp³-hybridized carbons (Fsp3) is 0.310. The first kappa shape index (κ1) is 32.6. The van der Waals surface area contributed by atoms with Gasteiger partial charge in [0.1, 0.15) is 34.9 Å². The highest BCUT2D eigenvalue weighted by Crippen LogP contribution is 2.38. The number of ether oxygens (including phenoxy) is 1. The Hall–Kier alpha value is -4.80. The number of aryl methyl sites for hydroxylation is 1. The van der Waals surface area contributed by atoms with Crippen LogP contribution < -0.4 is 10.2 Å². The molecule has 2 N–H and O–H groups in total. The summed E-state index contributed by atoms with van der Waals surface area (Å²) in [6.45, 7) is 0.247. The van der Waals surface area contributed by atoms with Gasteiger partial charge in [-0.1, -0.05) is 0 Å². The van der Waals surface area contributed by atoms with Crippen molar-refractivity contribution in [1.29, 1.82) is 0 Å². The van der Waals surface area contributed by atoms with Crippen molar-refractivity contribution in [3.05, 3.63) is 82.9 Å². The summed E-state index contributed by atoms with van der Waals surface area (Å²) >= 11 is 0. The van der Waals surface area contributed by atoms with Crippen LogP contribution in [0.15, 0.2) is 48.8 Å². The highest BCUT2D eigenvalue weighted by Gasteiger charge is 2.46. The molecule has 0 unspecified atom stereocenters. The molecule has 17 heteroatoms. The quantitative estimate of drug-likeness (QED) is 0.263. The van der Waals surface area contributed by atoms with Gasteiger partial charge in [0, 0.05) is 48.0 Å². The van der Waals surface area contributed by atoms with Crippen molar-refractivity contribution in [3.63, 3.8) is 0 Å². The smallest absolute Gasteiger partial charge is 0.418 e. The van der Waals surface area contributed by atoms with Crippen LogP contribution in [-0.4, -0.2) is 69.4 Å². The number of hydrogen-bond donors (Lipinski definition) is 2. The van der Waals surface area contributed by atoms with Crippen LogP contribution in [0.4, 0.5) is 40.8 Å². The zero-order valence-corrected chi connectivity index (χ0v) is 23.6. The molecule has 4 aromatic rings. The van der Waals surface area contributed by atoms with Crippen LogP contribution in [-0.2, 0) is 22.1 Å². The van der Waals surface area contributed by atoms with Gasteiger partial charge in [0.15, 0.2) is 0 Å². The number of carboxylic acids is 1. The van der Waals surface area contributed by atoms with Crippen LogP contribution in [0.5, 0.6) is 0 Å².